The molecular weight excluding hydrogens is 615 g/mol. The molecule has 1 unspecified atom stereocenters. The average molecular weight is 651 g/mol. The SMILES string of the molecule is CCCN(CCC)C(CS(C)(=O)=O)c1ccc(-c2ccc3ncnc(Nc4ccc(OCc5cccc(F)c5)c(Cl)c4)c3c2)o1. The molecule has 0 aliphatic carbocycles. The molecule has 0 spiro atoms. The molecule has 1 N–H and O–H groups in total. The van der Waals surface area contributed by atoms with Gasteiger partial charge >= 0.3 is 0 Å². The van der Waals surface area contributed by atoms with E-state index in [0.717, 1.165) is 42.4 Å². The standard InChI is InChI=1S/C34H36ClFN4O4S/c1-4-15-40(16-5-2)30(21-45(3,41)42)33-14-13-31(44-33)24-9-11-29-27(18-24)34(38-22-37-29)39-26-10-12-32(28(35)19-26)43-20-23-7-6-8-25(36)17-23/h6-14,17-19,22,30H,4-5,15-16,20-21H2,1-3H3,(H,37,38,39). The number of aromatic nitrogens is 2. The van der Waals surface area contributed by atoms with Crippen molar-refractivity contribution in [3.05, 3.63) is 101 Å². The van der Waals surface area contributed by atoms with Gasteiger partial charge in [0.15, 0.2) is 0 Å². The summed E-state index contributed by atoms with van der Waals surface area (Å²) in [6.45, 7) is 5.90. The highest BCUT2D eigenvalue weighted by Gasteiger charge is 2.27. The van der Waals surface area contributed by atoms with Crippen molar-refractivity contribution < 1.29 is 22.0 Å². The molecule has 5 rings (SSSR count). The minimum absolute atomic E-state index is 0.0171. The van der Waals surface area contributed by atoms with Crippen molar-refractivity contribution in [1.29, 1.82) is 0 Å². The lowest BCUT2D eigenvalue weighted by molar-refractivity contribution is 0.191. The first-order valence-corrected chi connectivity index (χ1v) is 17.3. The van der Waals surface area contributed by atoms with E-state index >= 15 is 0 Å². The number of sulfone groups is 1. The Morgan fingerprint density at radius 2 is 1.80 bits per heavy atom. The number of halogens is 2. The van der Waals surface area contributed by atoms with E-state index in [1.807, 2.05) is 36.4 Å². The summed E-state index contributed by atoms with van der Waals surface area (Å²) in [5, 5.41) is 4.48. The summed E-state index contributed by atoms with van der Waals surface area (Å²) in [6.07, 6.45) is 4.56. The van der Waals surface area contributed by atoms with Crippen molar-refractivity contribution in [2.75, 3.05) is 30.4 Å². The van der Waals surface area contributed by atoms with Gasteiger partial charge in [-0.15, -0.1) is 0 Å². The van der Waals surface area contributed by atoms with E-state index in [2.05, 4.69) is 34.0 Å². The second-order valence-electron chi connectivity index (χ2n) is 11.0. The second-order valence-corrected chi connectivity index (χ2v) is 13.6. The number of ether oxygens (including phenoxy) is 1. The molecule has 1 atom stereocenters. The van der Waals surface area contributed by atoms with Crippen molar-refractivity contribution in [2.45, 2.75) is 39.3 Å². The summed E-state index contributed by atoms with van der Waals surface area (Å²) in [4.78, 5) is 11.1. The van der Waals surface area contributed by atoms with E-state index in [1.54, 1.807) is 24.3 Å². The van der Waals surface area contributed by atoms with Crippen LogP contribution in [0.2, 0.25) is 5.02 Å². The van der Waals surface area contributed by atoms with Crippen LogP contribution in [-0.2, 0) is 16.4 Å². The number of anilines is 2. The Morgan fingerprint density at radius 1 is 1.00 bits per heavy atom. The number of fused-ring (bicyclic) bond motifs is 1. The van der Waals surface area contributed by atoms with Crippen molar-refractivity contribution in [2.24, 2.45) is 0 Å². The molecule has 45 heavy (non-hydrogen) atoms. The Balaban J connectivity index is 1.39. The molecule has 2 aromatic heterocycles. The first-order chi connectivity index (χ1) is 21.6. The van der Waals surface area contributed by atoms with Gasteiger partial charge in [-0.1, -0.05) is 37.6 Å². The maximum Gasteiger partial charge on any atom is 0.149 e. The molecule has 0 amide bonds. The number of nitrogens with zero attached hydrogens (tertiary/aromatic N) is 3. The van der Waals surface area contributed by atoms with Crippen LogP contribution in [0.25, 0.3) is 22.2 Å². The first-order valence-electron chi connectivity index (χ1n) is 14.8. The fourth-order valence-corrected chi connectivity index (χ4v) is 6.45. The van der Waals surface area contributed by atoms with Gasteiger partial charge in [0, 0.05) is 22.9 Å². The summed E-state index contributed by atoms with van der Waals surface area (Å²) >= 11 is 6.52. The molecule has 0 fully saturated rings. The average Bonchev–Trinajstić information content (AvgIpc) is 3.49. The zero-order chi connectivity index (χ0) is 32.0. The Bertz CT molecular complexity index is 1880. The molecule has 0 bridgehead atoms. The normalized spacial score (nSPS) is 12.5. The van der Waals surface area contributed by atoms with Gasteiger partial charge in [-0.2, -0.15) is 0 Å². The number of nitrogens with one attached hydrogen (secondary N) is 1. The van der Waals surface area contributed by atoms with Gasteiger partial charge in [-0.3, -0.25) is 4.90 Å². The smallest absolute Gasteiger partial charge is 0.149 e. The zero-order valence-electron chi connectivity index (χ0n) is 25.5. The van der Waals surface area contributed by atoms with Gasteiger partial charge in [-0.25, -0.2) is 22.8 Å². The second kappa shape index (κ2) is 14.4. The number of furan rings is 1. The predicted octanol–water partition coefficient (Wildman–Crippen LogP) is 8.21. The molecule has 2 heterocycles. The molecular formula is C34H36ClFN4O4S. The fourth-order valence-electron chi connectivity index (χ4n) is 5.27. The largest absolute Gasteiger partial charge is 0.487 e. The van der Waals surface area contributed by atoms with Crippen LogP contribution >= 0.6 is 11.6 Å². The summed E-state index contributed by atoms with van der Waals surface area (Å²) in [7, 11) is -3.25. The summed E-state index contributed by atoms with van der Waals surface area (Å²) in [5.41, 5.74) is 2.93. The van der Waals surface area contributed by atoms with Gasteiger partial charge in [0.05, 0.1) is 22.3 Å². The van der Waals surface area contributed by atoms with Gasteiger partial charge in [0.2, 0.25) is 0 Å². The molecule has 0 aliphatic heterocycles. The lowest BCUT2D eigenvalue weighted by atomic mass is 10.1. The van der Waals surface area contributed by atoms with Gasteiger partial charge in [0.1, 0.15) is 51.7 Å². The topological polar surface area (TPSA) is 97.6 Å². The highest BCUT2D eigenvalue weighted by Crippen LogP contribution is 2.34. The van der Waals surface area contributed by atoms with Crippen LogP contribution in [0.15, 0.2) is 83.5 Å². The van der Waals surface area contributed by atoms with Crippen molar-refractivity contribution in [3.8, 4) is 17.1 Å². The third-order valence-electron chi connectivity index (χ3n) is 7.28. The van der Waals surface area contributed by atoms with E-state index in [0.29, 0.717) is 39.4 Å². The van der Waals surface area contributed by atoms with Crippen molar-refractivity contribution in [1.82, 2.24) is 14.9 Å². The molecule has 8 nitrogen and oxygen atoms in total. The van der Waals surface area contributed by atoms with Crippen LogP contribution in [0.1, 0.15) is 44.1 Å². The molecule has 0 radical (unpaired) electrons. The van der Waals surface area contributed by atoms with Crippen LogP contribution in [0.3, 0.4) is 0 Å². The summed E-state index contributed by atoms with van der Waals surface area (Å²) in [6, 6.07) is 20.7. The first kappa shape index (κ1) is 32.4. The highest BCUT2D eigenvalue weighted by molar-refractivity contribution is 7.90. The maximum atomic E-state index is 13.5. The Labute approximate surface area is 268 Å². The van der Waals surface area contributed by atoms with E-state index in [9.17, 15) is 12.8 Å². The number of hydrogen-bond acceptors (Lipinski definition) is 8. The van der Waals surface area contributed by atoms with Crippen molar-refractivity contribution in [3.63, 3.8) is 0 Å². The maximum absolute atomic E-state index is 13.5. The fraction of sp³-hybridized carbons (Fsp3) is 0.294. The van der Waals surface area contributed by atoms with Gasteiger partial charge < -0.3 is 14.5 Å². The van der Waals surface area contributed by atoms with Gasteiger partial charge in [0.25, 0.3) is 0 Å². The van der Waals surface area contributed by atoms with Crippen LogP contribution in [-0.4, -0.2) is 48.4 Å². The molecule has 3 aromatic carbocycles. The Kier molecular flexibility index (Phi) is 10.4. The summed E-state index contributed by atoms with van der Waals surface area (Å²) < 4.78 is 50.4. The van der Waals surface area contributed by atoms with Crippen LogP contribution < -0.4 is 10.1 Å². The van der Waals surface area contributed by atoms with Crippen LogP contribution in [0.4, 0.5) is 15.9 Å². The van der Waals surface area contributed by atoms with Crippen LogP contribution in [0, 0.1) is 5.82 Å². The number of benzene rings is 3. The molecule has 0 saturated heterocycles. The Hall–Kier alpha value is -3.99. The van der Waals surface area contributed by atoms with E-state index in [4.69, 9.17) is 20.8 Å². The van der Waals surface area contributed by atoms with Crippen LogP contribution in [0.5, 0.6) is 5.75 Å². The predicted molar refractivity (Wildman–Crippen MR) is 177 cm³/mol. The number of rotatable bonds is 14. The Morgan fingerprint density at radius 3 is 2.51 bits per heavy atom. The van der Waals surface area contributed by atoms with E-state index in [1.165, 1.54) is 24.7 Å². The molecule has 0 saturated carbocycles. The lowest BCUT2D eigenvalue weighted by Crippen LogP contribution is -2.34. The molecule has 0 aliphatic rings. The minimum Gasteiger partial charge on any atom is -0.487 e. The summed E-state index contributed by atoms with van der Waals surface area (Å²) in [5.74, 6) is 1.95. The number of hydrogen-bond donors (Lipinski definition) is 1. The van der Waals surface area contributed by atoms with Gasteiger partial charge in [-0.05, 0) is 92.2 Å². The lowest BCUT2D eigenvalue weighted by Gasteiger charge is -2.29. The minimum atomic E-state index is -3.25. The molecule has 11 heteroatoms. The quantitative estimate of drug-likeness (QED) is 0.128. The molecule has 236 valence electrons. The van der Waals surface area contributed by atoms with Crippen molar-refractivity contribution >= 4 is 43.8 Å². The third kappa shape index (κ3) is 8.39. The third-order valence-corrected chi connectivity index (χ3v) is 8.49. The van der Waals surface area contributed by atoms with E-state index < -0.39 is 9.84 Å². The van der Waals surface area contributed by atoms with E-state index in [-0.39, 0.29) is 24.2 Å². The monoisotopic (exact) mass is 650 g/mol. The molecule has 5 aromatic rings. The highest BCUT2D eigenvalue weighted by atomic mass is 35.5. The zero-order valence-corrected chi connectivity index (χ0v) is 27.0.